The maximum absolute atomic E-state index is 13.0. The second-order valence-electron chi connectivity index (χ2n) is 6.41. The number of anilines is 1. The highest BCUT2D eigenvalue weighted by atomic mass is 79.9. The number of halogens is 1. The summed E-state index contributed by atoms with van der Waals surface area (Å²) in [5, 5.41) is 8.48. The predicted octanol–water partition coefficient (Wildman–Crippen LogP) is 3.85. The van der Waals surface area contributed by atoms with Gasteiger partial charge >= 0.3 is 0 Å². The molecule has 0 saturated carbocycles. The van der Waals surface area contributed by atoms with E-state index in [2.05, 4.69) is 35.4 Å². The van der Waals surface area contributed by atoms with Gasteiger partial charge < -0.3 is 9.30 Å². The van der Waals surface area contributed by atoms with Crippen LogP contribution in [0, 0.1) is 0 Å². The fraction of sp³-hybridized carbons (Fsp3) is 0.263. The van der Waals surface area contributed by atoms with Gasteiger partial charge in [-0.1, -0.05) is 28.1 Å². The van der Waals surface area contributed by atoms with Gasteiger partial charge in [0.2, 0.25) is 0 Å². The maximum atomic E-state index is 13.0. The summed E-state index contributed by atoms with van der Waals surface area (Å²) >= 11 is 3.33. The quantitative estimate of drug-likeness (QED) is 0.600. The van der Waals surface area contributed by atoms with Gasteiger partial charge in [-0.05, 0) is 43.7 Å². The summed E-state index contributed by atoms with van der Waals surface area (Å²) in [6, 6.07) is 12.1. The van der Waals surface area contributed by atoms with E-state index in [9.17, 15) is 8.42 Å². The number of fused-ring (bicyclic) bond motifs is 1. The second-order valence-corrected chi connectivity index (χ2v) is 8.97. The minimum Gasteiger partial charge on any atom is -0.492 e. The van der Waals surface area contributed by atoms with Crippen LogP contribution in [0.15, 0.2) is 51.8 Å². The third-order valence-corrected chi connectivity index (χ3v) is 6.37. The molecule has 9 heteroatoms. The lowest BCUT2D eigenvalue weighted by Gasteiger charge is -2.13. The van der Waals surface area contributed by atoms with E-state index in [4.69, 9.17) is 4.74 Å². The minimum absolute atomic E-state index is 0.0810. The number of aryl methyl sites for hydroxylation is 1. The van der Waals surface area contributed by atoms with Gasteiger partial charge in [-0.3, -0.25) is 4.72 Å². The van der Waals surface area contributed by atoms with Crippen LogP contribution in [-0.2, 0) is 23.0 Å². The van der Waals surface area contributed by atoms with E-state index in [1.807, 2.05) is 13.0 Å². The molecule has 0 atom stereocenters. The zero-order valence-corrected chi connectivity index (χ0v) is 17.6. The van der Waals surface area contributed by atoms with Crippen molar-refractivity contribution in [2.75, 3.05) is 11.3 Å². The van der Waals surface area contributed by atoms with E-state index in [1.165, 1.54) is 6.07 Å². The van der Waals surface area contributed by atoms with Crippen LogP contribution >= 0.6 is 15.9 Å². The van der Waals surface area contributed by atoms with Crippen molar-refractivity contribution in [3.63, 3.8) is 0 Å². The van der Waals surface area contributed by atoms with Crippen LogP contribution < -0.4 is 9.46 Å². The average molecular weight is 463 g/mol. The molecule has 3 aromatic rings. The van der Waals surface area contributed by atoms with Gasteiger partial charge in [0.05, 0.1) is 6.61 Å². The molecule has 0 spiro atoms. The zero-order chi connectivity index (χ0) is 19.7. The molecular weight excluding hydrogens is 444 g/mol. The van der Waals surface area contributed by atoms with Crippen molar-refractivity contribution < 1.29 is 13.2 Å². The topological polar surface area (TPSA) is 86.1 Å². The lowest BCUT2D eigenvalue weighted by molar-refractivity contribution is 0.331. The molecule has 2 aromatic carbocycles. The van der Waals surface area contributed by atoms with Gasteiger partial charge in [0.25, 0.3) is 10.0 Å². The Kier molecular flexibility index (Phi) is 5.11. The Bertz CT molecular complexity index is 1130. The lowest BCUT2D eigenvalue weighted by atomic mass is 10.2. The zero-order valence-electron chi connectivity index (χ0n) is 15.2. The van der Waals surface area contributed by atoms with E-state index in [0.29, 0.717) is 22.5 Å². The van der Waals surface area contributed by atoms with Crippen molar-refractivity contribution in [1.82, 2.24) is 14.8 Å². The fourth-order valence-electron chi connectivity index (χ4n) is 3.26. The third kappa shape index (κ3) is 3.64. The molecule has 0 unspecified atom stereocenters. The molecular formula is C19H19BrN4O3S. The number of benzene rings is 2. The number of aromatic nitrogens is 3. The molecule has 0 bridgehead atoms. The van der Waals surface area contributed by atoms with Crippen LogP contribution in [0.3, 0.4) is 0 Å². The Morgan fingerprint density at radius 2 is 2.07 bits per heavy atom. The molecule has 146 valence electrons. The maximum Gasteiger partial charge on any atom is 0.265 e. The summed E-state index contributed by atoms with van der Waals surface area (Å²) in [7, 11) is -3.83. The molecule has 1 N–H and O–H groups in total. The van der Waals surface area contributed by atoms with Crippen molar-refractivity contribution in [3.05, 3.63) is 52.8 Å². The molecule has 0 amide bonds. The van der Waals surface area contributed by atoms with Crippen LogP contribution in [0.5, 0.6) is 5.75 Å². The minimum atomic E-state index is -3.83. The smallest absolute Gasteiger partial charge is 0.265 e. The molecule has 0 fully saturated rings. The van der Waals surface area contributed by atoms with E-state index in [0.717, 1.165) is 36.6 Å². The van der Waals surface area contributed by atoms with Crippen LogP contribution in [0.25, 0.3) is 11.4 Å². The first-order valence-electron chi connectivity index (χ1n) is 8.95. The highest BCUT2D eigenvalue weighted by Gasteiger charge is 2.22. The number of hydrogen-bond donors (Lipinski definition) is 1. The molecule has 1 aliphatic heterocycles. The Labute approximate surface area is 171 Å². The first kappa shape index (κ1) is 18.9. The van der Waals surface area contributed by atoms with Gasteiger partial charge in [-0.2, -0.15) is 0 Å². The molecule has 28 heavy (non-hydrogen) atoms. The number of nitrogens with one attached hydrogen (secondary N) is 1. The number of nitrogens with zero attached hydrogens (tertiary/aromatic N) is 3. The van der Waals surface area contributed by atoms with Crippen LogP contribution in [-0.4, -0.2) is 29.8 Å². The lowest BCUT2D eigenvalue weighted by Crippen LogP contribution is -2.14. The summed E-state index contributed by atoms with van der Waals surface area (Å²) in [5.74, 6) is 2.03. The number of sulfonamides is 1. The second kappa shape index (κ2) is 7.56. The summed E-state index contributed by atoms with van der Waals surface area (Å²) in [6.07, 6.45) is 1.97. The highest BCUT2D eigenvalue weighted by molar-refractivity contribution is 9.10. The first-order valence-corrected chi connectivity index (χ1v) is 11.2. The Balaban J connectivity index is 1.67. The molecule has 1 aliphatic rings. The van der Waals surface area contributed by atoms with E-state index < -0.39 is 10.0 Å². The first-order chi connectivity index (χ1) is 13.5. The third-order valence-electron chi connectivity index (χ3n) is 4.48. The number of rotatable bonds is 6. The van der Waals surface area contributed by atoms with Gasteiger partial charge in [-0.25, -0.2) is 8.42 Å². The van der Waals surface area contributed by atoms with Crippen molar-refractivity contribution in [2.45, 2.75) is 31.2 Å². The molecule has 1 aromatic heterocycles. The molecule has 0 radical (unpaired) electrons. The van der Waals surface area contributed by atoms with Gasteiger partial charge in [0.1, 0.15) is 16.5 Å². The Hall–Kier alpha value is -2.39. The van der Waals surface area contributed by atoms with Crippen molar-refractivity contribution >= 4 is 31.6 Å². The molecule has 0 aliphatic carbocycles. The van der Waals surface area contributed by atoms with Crippen LogP contribution in [0.2, 0.25) is 0 Å². The SMILES string of the molecule is CCOc1ccc(Br)cc1S(=O)(=O)Nc1cccc(-c2nnc3n2CCC3)c1. The van der Waals surface area contributed by atoms with E-state index in [-0.39, 0.29) is 4.90 Å². The summed E-state index contributed by atoms with van der Waals surface area (Å²) < 4.78 is 36.8. The average Bonchev–Trinajstić information content (AvgIpc) is 3.27. The molecule has 4 rings (SSSR count). The number of hydrogen-bond acceptors (Lipinski definition) is 5. The normalized spacial score (nSPS) is 13.4. The summed E-state index contributed by atoms with van der Waals surface area (Å²) in [6.45, 7) is 3.06. The van der Waals surface area contributed by atoms with E-state index >= 15 is 0 Å². The monoisotopic (exact) mass is 462 g/mol. The van der Waals surface area contributed by atoms with Gasteiger partial charge in [0, 0.05) is 28.7 Å². The Morgan fingerprint density at radius 1 is 1.21 bits per heavy atom. The molecule has 2 heterocycles. The van der Waals surface area contributed by atoms with Crippen LogP contribution in [0.1, 0.15) is 19.2 Å². The number of ether oxygens (including phenoxy) is 1. The largest absolute Gasteiger partial charge is 0.492 e. The highest BCUT2D eigenvalue weighted by Crippen LogP contribution is 2.30. The van der Waals surface area contributed by atoms with Crippen molar-refractivity contribution in [1.29, 1.82) is 0 Å². The van der Waals surface area contributed by atoms with Gasteiger partial charge in [-0.15, -0.1) is 10.2 Å². The van der Waals surface area contributed by atoms with Gasteiger partial charge in [0.15, 0.2) is 5.82 Å². The molecule has 0 saturated heterocycles. The summed E-state index contributed by atoms with van der Waals surface area (Å²) in [4.78, 5) is 0.0810. The standard InChI is InChI=1S/C19H19BrN4O3S/c1-2-27-16-9-8-14(20)12-17(16)28(25,26)23-15-6-3-5-13(11-15)19-22-21-18-7-4-10-24(18)19/h3,5-6,8-9,11-12,23H,2,4,7,10H2,1H3. The summed E-state index contributed by atoms with van der Waals surface area (Å²) in [5.41, 5.74) is 1.27. The van der Waals surface area contributed by atoms with E-state index in [1.54, 1.807) is 30.3 Å². The fourth-order valence-corrected chi connectivity index (χ4v) is 5.00. The van der Waals surface area contributed by atoms with Crippen molar-refractivity contribution in [2.24, 2.45) is 0 Å². The van der Waals surface area contributed by atoms with Crippen molar-refractivity contribution in [3.8, 4) is 17.1 Å². The predicted molar refractivity (Wildman–Crippen MR) is 110 cm³/mol. The van der Waals surface area contributed by atoms with Crippen LogP contribution in [0.4, 0.5) is 5.69 Å². The molecule has 7 nitrogen and oxygen atoms in total. The Morgan fingerprint density at radius 3 is 2.89 bits per heavy atom.